The third kappa shape index (κ3) is 3.26. The first-order valence-corrected chi connectivity index (χ1v) is 6.96. The number of H-pyrrole nitrogens is 1. The molecule has 0 aliphatic heterocycles. The first kappa shape index (κ1) is 14.3. The van der Waals surface area contributed by atoms with Gasteiger partial charge in [-0.3, -0.25) is 9.48 Å². The van der Waals surface area contributed by atoms with Gasteiger partial charge in [0.25, 0.3) is 5.91 Å². The number of hydrogen-bond acceptors (Lipinski definition) is 3. The van der Waals surface area contributed by atoms with Gasteiger partial charge in [0.1, 0.15) is 11.5 Å². The van der Waals surface area contributed by atoms with Crippen molar-refractivity contribution in [1.29, 1.82) is 0 Å². The Morgan fingerprint density at radius 3 is 2.90 bits per heavy atom. The van der Waals surface area contributed by atoms with Crippen LogP contribution in [0.4, 0.5) is 0 Å². The highest BCUT2D eigenvalue weighted by atomic mass is 16.2. The Kier molecular flexibility index (Phi) is 4.55. The average molecular weight is 275 g/mol. The molecule has 108 valence electrons. The second-order valence-electron chi connectivity index (χ2n) is 4.97. The smallest absolute Gasteiger partial charge is 0.269 e. The first-order valence-electron chi connectivity index (χ1n) is 6.96. The van der Waals surface area contributed by atoms with E-state index in [0.29, 0.717) is 31.1 Å². The molecule has 0 bridgehead atoms. The third-order valence-electron chi connectivity index (χ3n) is 3.12. The van der Waals surface area contributed by atoms with Crippen LogP contribution in [-0.2, 0) is 13.0 Å². The van der Waals surface area contributed by atoms with Crippen LogP contribution in [0, 0.1) is 0 Å². The number of imidazole rings is 1. The largest absolute Gasteiger partial charge is 0.350 e. The molecule has 0 radical (unpaired) electrons. The third-order valence-corrected chi connectivity index (χ3v) is 3.12. The van der Waals surface area contributed by atoms with Gasteiger partial charge in [-0.15, -0.1) is 0 Å². The maximum atomic E-state index is 12.2. The monoisotopic (exact) mass is 275 g/mol. The summed E-state index contributed by atoms with van der Waals surface area (Å²) in [5.41, 5.74) is 1.57. The average Bonchev–Trinajstić information content (AvgIpc) is 3.07. The highest BCUT2D eigenvalue weighted by Gasteiger charge is 2.15. The van der Waals surface area contributed by atoms with Crippen LogP contribution < -0.4 is 5.32 Å². The second-order valence-corrected chi connectivity index (χ2v) is 4.97. The van der Waals surface area contributed by atoms with Crippen LogP contribution in [-0.4, -0.2) is 32.2 Å². The van der Waals surface area contributed by atoms with Crippen molar-refractivity contribution in [2.24, 2.45) is 0 Å². The van der Waals surface area contributed by atoms with Gasteiger partial charge < -0.3 is 10.3 Å². The minimum atomic E-state index is -0.0854. The number of aryl methyl sites for hydroxylation is 1. The number of nitrogens with one attached hydrogen (secondary N) is 2. The van der Waals surface area contributed by atoms with Crippen molar-refractivity contribution in [2.75, 3.05) is 6.54 Å². The molecule has 20 heavy (non-hydrogen) atoms. The van der Waals surface area contributed by atoms with Gasteiger partial charge >= 0.3 is 0 Å². The number of rotatable bonds is 6. The van der Waals surface area contributed by atoms with Crippen LogP contribution in [0.2, 0.25) is 0 Å². The van der Waals surface area contributed by atoms with Crippen molar-refractivity contribution >= 4 is 5.91 Å². The predicted molar refractivity (Wildman–Crippen MR) is 76.6 cm³/mol. The van der Waals surface area contributed by atoms with Crippen molar-refractivity contribution in [3.05, 3.63) is 35.7 Å². The van der Waals surface area contributed by atoms with Gasteiger partial charge in [-0.1, -0.05) is 13.8 Å². The molecule has 0 atom stereocenters. The second kappa shape index (κ2) is 6.36. The zero-order valence-electron chi connectivity index (χ0n) is 12.2. The summed E-state index contributed by atoms with van der Waals surface area (Å²) >= 11 is 0. The number of amides is 1. The molecule has 0 unspecified atom stereocenters. The summed E-state index contributed by atoms with van der Waals surface area (Å²) in [5.74, 6) is 1.10. The fourth-order valence-electron chi connectivity index (χ4n) is 1.96. The molecule has 0 spiro atoms. The summed E-state index contributed by atoms with van der Waals surface area (Å²) < 4.78 is 1.75. The summed E-state index contributed by atoms with van der Waals surface area (Å²) in [5, 5.41) is 7.35. The van der Waals surface area contributed by atoms with Crippen molar-refractivity contribution in [1.82, 2.24) is 25.1 Å². The molecule has 2 aromatic rings. The van der Waals surface area contributed by atoms with E-state index >= 15 is 0 Å². The Labute approximate surface area is 118 Å². The molecular weight excluding hydrogens is 254 g/mol. The molecule has 0 saturated heterocycles. The molecule has 2 N–H and O–H groups in total. The predicted octanol–water partition coefficient (Wildman–Crippen LogP) is 1.72. The van der Waals surface area contributed by atoms with Gasteiger partial charge in [0.05, 0.1) is 5.69 Å². The number of nitrogens with zero attached hydrogens (tertiary/aromatic N) is 3. The minimum absolute atomic E-state index is 0.0854. The van der Waals surface area contributed by atoms with Crippen molar-refractivity contribution in [3.8, 4) is 0 Å². The summed E-state index contributed by atoms with van der Waals surface area (Å²) in [4.78, 5) is 19.3. The molecule has 2 heterocycles. The molecule has 0 aromatic carbocycles. The van der Waals surface area contributed by atoms with Crippen molar-refractivity contribution in [3.63, 3.8) is 0 Å². The number of hydrogen-bond donors (Lipinski definition) is 2. The van der Waals surface area contributed by atoms with E-state index in [1.54, 1.807) is 17.1 Å². The van der Waals surface area contributed by atoms with Crippen LogP contribution in [0.5, 0.6) is 0 Å². The first-order chi connectivity index (χ1) is 9.61. The van der Waals surface area contributed by atoms with E-state index in [1.807, 2.05) is 13.0 Å². The van der Waals surface area contributed by atoms with Gasteiger partial charge in [0.2, 0.25) is 0 Å². The Balaban J connectivity index is 1.97. The standard InChI is InChI=1S/C14H21N5O/c1-4-19-12(9-11(18-19)10(2)3)14(20)17-6-5-13-15-7-8-16-13/h7-10H,4-6H2,1-3H3,(H,15,16)(H,17,20). The molecule has 6 heteroatoms. The van der Waals surface area contributed by atoms with E-state index in [0.717, 1.165) is 11.5 Å². The van der Waals surface area contributed by atoms with E-state index in [9.17, 15) is 4.79 Å². The van der Waals surface area contributed by atoms with Gasteiger partial charge in [-0.05, 0) is 18.9 Å². The zero-order chi connectivity index (χ0) is 14.5. The molecule has 0 aliphatic carbocycles. The lowest BCUT2D eigenvalue weighted by molar-refractivity contribution is 0.0943. The maximum Gasteiger partial charge on any atom is 0.269 e. The van der Waals surface area contributed by atoms with Crippen LogP contribution in [0.1, 0.15) is 48.7 Å². The number of aromatic amines is 1. The van der Waals surface area contributed by atoms with E-state index in [2.05, 4.69) is 34.2 Å². The van der Waals surface area contributed by atoms with Crippen molar-refractivity contribution in [2.45, 2.75) is 39.7 Å². The lowest BCUT2D eigenvalue weighted by atomic mass is 10.1. The van der Waals surface area contributed by atoms with Crippen LogP contribution in [0.25, 0.3) is 0 Å². The van der Waals surface area contributed by atoms with E-state index < -0.39 is 0 Å². The van der Waals surface area contributed by atoms with Crippen LogP contribution in [0.15, 0.2) is 18.5 Å². The Morgan fingerprint density at radius 2 is 2.30 bits per heavy atom. The highest BCUT2D eigenvalue weighted by Crippen LogP contribution is 2.14. The number of carbonyl (C=O) groups is 1. The summed E-state index contributed by atoms with van der Waals surface area (Å²) in [6.45, 7) is 7.37. The van der Waals surface area contributed by atoms with Gasteiger partial charge in [0.15, 0.2) is 0 Å². The Bertz CT molecular complexity index is 556. The topological polar surface area (TPSA) is 75.6 Å². The van der Waals surface area contributed by atoms with Gasteiger partial charge in [-0.2, -0.15) is 5.10 Å². The molecule has 0 fully saturated rings. The summed E-state index contributed by atoms with van der Waals surface area (Å²) in [6, 6.07) is 1.87. The van der Waals surface area contributed by atoms with Crippen LogP contribution in [0.3, 0.4) is 0 Å². The number of carbonyl (C=O) groups excluding carboxylic acids is 1. The quantitative estimate of drug-likeness (QED) is 0.843. The van der Waals surface area contributed by atoms with Crippen molar-refractivity contribution < 1.29 is 4.79 Å². The normalized spacial score (nSPS) is 11.0. The molecule has 6 nitrogen and oxygen atoms in total. The lowest BCUT2D eigenvalue weighted by Gasteiger charge is -2.05. The molecule has 2 aromatic heterocycles. The minimum Gasteiger partial charge on any atom is -0.350 e. The Hall–Kier alpha value is -2.11. The van der Waals surface area contributed by atoms with Gasteiger partial charge in [0, 0.05) is 31.9 Å². The molecule has 1 amide bonds. The van der Waals surface area contributed by atoms with Gasteiger partial charge in [-0.25, -0.2) is 4.98 Å². The number of aromatic nitrogens is 4. The van der Waals surface area contributed by atoms with E-state index in [4.69, 9.17) is 0 Å². The molecule has 2 rings (SSSR count). The Morgan fingerprint density at radius 1 is 1.50 bits per heavy atom. The zero-order valence-corrected chi connectivity index (χ0v) is 12.2. The summed E-state index contributed by atoms with van der Waals surface area (Å²) in [7, 11) is 0. The molecular formula is C14H21N5O. The fourth-order valence-corrected chi connectivity index (χ4v) is 1.96. The highest BCUT2D eigenvalue weighted by molar-refractivity contribution is 5.92. The summed E-state index contributed by atoms with van der Waals surface area (Å²) in [6.07, 6.45) is 4.17. The SMILES string of the molecule is CCn1nc(C(C)C)cc1C(=O)NCCc1ncc[nH]1. The van der Waals surface area contributed by atoms with E-state index in [1.165, 1.54) is 0 Å². The molecule has 0 aliphatic rings. The lowest BCUT2D eigenvalue weighted by Crippen LogP contribution is -2.28. The maximum absolute atomic E-state index is 12.2. The van der Waals surface area contributed by atoms with Crippen LogP contribution >= 0.6 is 0 Å². The fraction of sp³-hybridized carbons (Fsp3) is 0.500. The molecule has 0 saturated carbocycles. The van der Waals surface area contributed by atoms with E-state index in [-0.39, 0.29) is 5.91 Å².